The fourth-order valence-electron chi connectivity index (χ4n) is 3.65. The number of benzene rings is 3. The molecule has 0 amide bonds. The van der Waals surface area contributed by atoms with Gasteiger partial charge >= 0.3 is 18.2 Å². The van der Waals surface area contributed by atoms with Gasteiger partial charge in [-0.1, -0.05) is 72.8 Å². The maximum Gasteiger partial charge on any atom is 0.433 e. The summed E-state index contributed by atoms with van der Waals surface area (Å²) in [4.78, 5) is 20.3. The van der Waals surface area contributed by atoms with Crippen molar-refractivity contribution in [3.8, 4) is 34.1 Å². The second-order valence-corrected chi connectivity index (χ2v) is 7.45. The average Bonchev–Trinajstić information content (AvgIpc) is 3.25. The molecule has 5 rings (SSSR count). The zero-order chi connectivity index (χ0) is 24.6. The van der Waals surface area contributed by atoms with Gasteiger partial charge in [0, 0.05) is 5.56 Å². The lowest BCUT2D eigenvalue weighted by atomic mass is 9.99. The molecule has 35 heavy (non-hydrogen) atoms. The summed E-state index contributed by atoms with van der Waals surface area (Å²) in [6.07, 6.45) is -4.75. The van der Waals surface area contributed by atoms with Crippen molar-refractivity contribution >= 4 is 11.7 Å². The Hall–Kier alpha value is -4.73. The highest BCUT2D eigenvalue weighted by Crippen LogP contribution is 2.35. The van der Waals surface area contributed by atoms with Gasteiger partial charge in [0.15, 0.2) is 5.69 Å². The lowest BCUT2D eigenvalue weighted by Crippen LogP contribution is -2.13. The summed E-state index contributed by atoms with van der Waals surface area (Å²) in [6.45, 7) is 0. The first kappa shape index (κ1) is 22.1. The van der Waals surface area contributed by atoms with Crippen molar-refractivity contribution in [3.63, 3.8) is 0 Å². The fourth-order valence-corrected chi connectivity index (χ4v) is 3.65. The van der Waals surface area contributed by atoms with E-state index in [1.807, 2.05) is 0 Å². The van der Waals surface area contributed by atoms with Crippen LogP contribution in [-0.4, -0.2) is 30.7 Å². The van der Waals surface area contributed by atoms with Gasteiger partial charge in [-0.3, -0.25) is 0 Å². The van der Waals surface area contributed by atoms with Crippen molar-refractivity contribution in [1.82, 2.24) is 19.6 Å². The first-order valence-corrected chi connectivity index (χ1v) is 10.3. The smallest absolute Gasteiger partial charge is 0.433 e. The Bertz CT molecular complexity index is 1530. The zero-order valence-electron chi connectivity index (χ0n) is 17.8. The number of nitrogens with zero attached hydrogens (tertiary/aromatic N) is 4. The molecular weight excluding hydrogens is 461 g/mol. The molecule has 7 nitrogen and oxygen atoms in total. The quantitative estimate of drug-likeness (QED) is 0.336. The SMILES string of the molecule is O=C(O)c1c(Oc2nc3nc(-c4ccccc4)cc(C(F)(F)F)n3n2)cccc1-c1ccccc1. The molecule has 5 aromatic rings. The Labute approximate surface area is 196 Å². The van der Waals surface area contributed by atoms with E-state index in [1.54, 1.807) is 72.8 Å². The maximum absolute atomic E-state index is 13.8. The van der Waals surface area contributed by atoms with E-state index in [1.165, 1.54) is 6.07 Å². The summed E-state index contributed by atoms with van der Waals surface area (Å²) < 4.78 is 47.6. The van der Waals surface area contributed by atoms with Crippen LogP contribution in [0.1, 0.15) is 16.1 Å². The Morgan fingerprint density at radius 1 is 0.857 bits per heavy atom. The second-order valence-electron chi connectivity index (χ2n) is 7.45. The third-order valence-corrected chi connectivity index (χ3v) is 5.18. The van der Waals surface area contributed by atoms with E-state index >= 15 is 0 Å². The highest BCUT2D eigenvalue weighted by molar-refractivity contribution is 5.99. The number of aromatic carboxylic acids is 1. The summed E-state index contributed by atoms with van der Waals surface area (Å²) in [5, 5.41) is 13.7. The largest absolute Gasteiger partial charge is 0.478 e. The molecule has 0 radical (unpaired) electrons. The van der Waals surface area contributed by atoms with Gasteiger partial charge < -0.3 is 9.84 Å². The standard InChI is InChI=1S/C25H15F3N4O3/c26-25(27,28)20-14-18(16-10-5-2-6-11-16)29-23-30-24(31-32(20)23)35-19-13-7-12-17(21(19)22(33)34)15-8-3-1-4-9-15/h1-14H,(H,33,34). The molecule has 174 valence electrons. The number of fused-ring (bicyclic) bond motifs is 1. The van der Waals surface area contributed by atoms with Crippen LogP contribution in [0.2, 0.25) is 0 Å². The van der Waals surface area contributed by atoms with E-state index in [9.17, 15) is 23.1 Å². The van der Waals surface area contributed by atoms with Crippen LogP contribution >= 0.6 is 0 Å². The molecule has 2 heterocycles. The number of alkyl halides is 3. The molecule has 0 aliphatic heterocycles. The maximum atomic E-state index is 13.8. The Balaban J connectivity index is 1.62. The Morgan fingerprint density at radius 3 is 2.14 bits per heavy atom. The number of hydrogen-bond acceptors (Lipinski definition) is 5. The average molecular weight is 476 g/mol. The number of rotatable bonds is 5. The van der Waals surface area contributed by atoms with Crippen LogP contribution in [0.15, 0.2) is 84.9 Å². The number of hydrogen-bond donors (Lipinski definition) is 1. The van der Waals surface area contributed by atoms with E-state index < -0.39 is 23.8 Å². The van der Waals surface area contributed by atoms with Gasteiger partial charge in [-0.2, -0.15) is 22.7 Å². The van der Waals surface area contributed by atoms with Gasteiger partial charge in [-0.25, -0.2) is 9.78 Å². The van der Waals surface area contributed by atoms with Crippen molar-refractivity contribution in [2.45, 2.75) is 6.18 Å². The third-order valence-electron chi connectivity index (χ3n) is 5.18. The molecule has 1 N–H and O–H groups in total. The van der Waals surface area contributed by atoms with Gasteiger partial charge in [-0.15, -0.1) is 5.10 Å². The topological polar surface area (TPSA) is 89.6 Å². The number of carbonyl (C=O) groups is 1. The highest BCUT2D eigenvalue weighted by atomic mass is 19.4. The van der Waals surface area contributed by atoms with Crippen LogP contribution in [0.5, 0.6) is 11.8 Å². The third kappa shape index (κ3) is 4.29. The molecule has 2 aromatic heterocycles. The highest BCUT2D eigenvalue weighted by Gasteiger charge is 2.36. The van der Waals surface area contributed by atoms with Crippen LogP contribution in [0.25, 0.3) is 28.2 Å². The number of aromatic nitrogens is 4. The summed E-state index contributed by atoms with van der Waals surface area (Å²) >= 11 is 0. The van der Waals surface area contributed by atoms with E-state index in [-0.39, 0.29) is 22.8 Å². The minimum Gasteiger partial charge on any atom is -0.478 e. The monoisotopic (exact) mass is 476 g/mol. The molecule has 10 heteroatoms. The zero-order valence-corrected chi connectivity index (χ0v) is 17.8. The number of halogens is 3. The summed E-state index contributed by atoms with van der Waals surface area (Å²) in [7, 11) is 0. The van der Waals surface area contributed by atoms with Crippen molar-refractivity contribution in [1.29, 1.82) is 0 Å². The van der Waals surface area contributed by atoms with Gasteiger partial charge in [0.1, 0.15) is 11.3 Å². The van der Waals surface area contributed by atoms with Crippen molar-refractivity contribution in [2.24, 2.45) is 0 Å². The summed E-state index contributed by atoms with van der Waals surface area (Å²) in [5.74, 6) is -1.74. The summed E-state index contributed by atoms with van der Waals surface area (Å²) in [5.41, 5.74) is 0.259. The molecular formula is C25H15F3N4O3. The normalized spacial score (nSPS) is 11.5. The first-order valence-electron chi connectivity index (χ1n) is 10.3. The van der Waals surface area contributed by atoms with Crippen molar-refractivity contribution in [2.75, 3.05) is 0 Å². The van der Waals surface area contributed by atoms with Crippen molar-refractivity contribution < 1.29 is 27.8 Å². The molecule has 0 aliphatic rings. The Morgan fingerprint density at radius 2 is 1.51 bits per heavy atom. The lowest BCUT2D eigenvalue weighted by Gasteiger charge is -2.11. The predicted octanol–water partition coefficient (Wildman–Crippen LogP) is 5.97. The predicted molar refractivity (Wildman–Crippen MR) is 120 cm³/mol. The number of ether oxygens (including phenoxy) is 1. The van der Waals surface area contributed by atoms with E-state index in [4.69, 9.17) is 4.74 Å². The van der Waals surface area contributed by atoms with Crippen molar-refractivity contribution in [3.05, 3.63) is 96.2 Å². The second kappa shape index (κ2) is 8.56. The number of carboxylic acid groups (broad SMARTS) is 1. The van der Waals surface area contributed by atoms with Gasteiger partial charge in [0.05, 0.1) is 5.69 Å². The van der Waals surface area contributed by atoms with Crippen LogP contribution in [0.3, 0.4) is 0 Å². The van der Waals surface area contributed by atoms with Crippen LogP contribution in [-0.2, 0) is 6.18 Å². The molecule has 3 aromatic carbocycles. The van der Waals surface area contributed by atoms with Gasteiger partial charge in [0.2, 0.25) is 0 Å². The van der Waals surface area contributed by atoms with E-state index in [2.05, 4.69) is 15.1 Å². The molecule has 0 unspecified atom stereocenters. The van der Waals surface area contributed by atoms with Gasteiger partial charge in [0.25, 0.3) is 5.78 Å². The van der Waals surface area contributed by atoms with E-state index in [0.29, 0.717) is 21.2 Å². The van der Waals surface area contributed by atoms with Crippen LogP contribution in [0, 0.1) is 0 Å². The molecule has 0 saturated carbocycles. The molecule has 0 aliphatic carbocycles. The molecule has 0 saturated heterocycles. The fraction of sp³-hybridized carbons (Fsp3) is 0.0400. The molecule has 0 bridgehead atoms. The minimum absolute atomic E-state index is 0.0571. The molecule has 0 spiro atoms. The van der Waals surface area contributed by atoms with Crippen LogP contribution < -0.4 is 4.74 Å². The molecule has 0 atom stereocenters. The lowest BCUT2D eigenvalue weighted by molar-refractivity contribution is -0.142. The van der Waals surface area contributed by atoms with Gasteiger partial charge in [-0.05, 0) is 23.3 Å². The summed E-state index contributed by atoms with van der Waals surface area (Å²) in [6, 6.07) is 22.1. The van der Waals surface area contributed by atoms with Crippen LogP contribution in [0.4, 0.5) is 13.2 Å². The minimum atomic E-state index is -4.75. The van der Waals surface area contributed by atoms with E-state index in [0.717, 1.165) is 6.07 Å². The Kier molecular flexibility index (Phi) is 5.40. The first-order chi connectivity index (χ1) is 16.8. The molecule has 0 fully saturated rings. The number of carboxylic acids is 1.